The lowest BCUT2D eigenvalue weighted by molar-refractivity contribution is -0.384. The Kier molecular flexibility index (Phi) is 5.24. The second-order valence-corrected chi connectivity index (χ2v) is 6.85. The highest BCUT2D eigenvalue weighted by Gasteiger charge is 2.23. The first-order valence-electron chi connectivity index (χ1n) is 9.41. The summed E-state index contributed by atoms with van der Waals surface area (Å²) in [5.41, 5.74) is 2.52. The summed E-state index contributed by atoms with van der Waals surface area (Å²) in [5.74, 6) is -0.563. The van der Waals surface area contributed by atoms with E-state index in [4.69, 9.17) is 4.74 Å². The number of nitro groups is 1. The van der Waals surface area contributed by atoms with Crippen molar-refractivity contribution in [2.45, 2.75) is 19.4 Å². The molecule has 8 nitrogen and oxygen atoms in total. The molecule has 1 aromatic heterocycles. The Labute approximate surface area is 167 Å². The summed E-state index contributed by atoms with van der Waals surface area (Å²) in [4.78, 5) is 25.5. The van der Waals surface area contributed by atoms with E-state index in [0.29, 0.717) is 5.69 Å². The fraction of sp³-hybridized carbons (Fsp3) is 0.238. The summed E-state index contributed by atoms with van der Waals surface area (Å²) >= 11 is 0. The van der Waals surface area contributed by atoms with Crippen LogP contribution in [-0.4, -0.2) is 33.8 Å². The highest BCUT2D eigenvalue weighted by molar-refractivity contribution is 5.96. The molecule has 1 aliphatic rings. The minimum atomic E-state index is -0.563. The van der Waals surface area contributed by atoms with Crippen molar-refractivity contribution in [1.29, 1.82) is 0 Å². The van der Waals surface area contributed by atoms with Crippen LogP contribution in [0.4, 0.5) is 11.4 Å². The van der Waals surface area contributed by atoms with Gasteiger partial charge in [-0.2, -0.15) is 5.10 Å². The molecule has 0 saturated carbocycles. The molecule has 0 radical (unpaired) electrons. The minimum Gasteiger partial charge on any atom is -0.457 e. The van der Waals surface area contributed by atoms with Crippen LogP contribution in [0.1, 0.15) is 28.8 Å². The SMILES string of the molecule is O=C(OCc1ccc(-n2cccn2)cc1)c1cc([N+](=O)[O-])ccc1N1CCCC1. The van der Waals surface area contributed by atoms with Crippen LogP contribution in [0.5, 0.6) is 0 Å². The van der Waals surface area contributed by atoms with Gasteiger partial charge < -0.3 is 9.64 Å². The molecule has 2 heterocycles. The molecule has 4 rings (SSSR count). The Hall–Kier alpha value is -3.68. The van der Waals surface area contributed by atoms with E-state index >= 15 is 0 Å². The predicted molar refractivity (Wildman–Crippen MR) is 107 cm³/mol. The Bertz CT molecular complexity index is 1010. The zero-order chi connectivity index (χ0) is 20.2. The first kappa shape index (κ1) is 18.7. The van der Waals surface area contributed by atoms with Crippen LogP contribution < -0.4 is 4.90 Å². The van der Waals surface area contributed by atoms with Gasteiger partial charge in [-0.05, 0) is 42.7 Å². The third kappa shape index (κ3) is 4.11. The highest BCUT2D eigenvalue weighted by Crippen LogP contribution is 2.29. The van der Waals surface area contributed by atoms with Gasteiger partial charge in [0.05, 0.1) is 21.9 Å². The molecule has 0 amide bonds. The van der Waals surface area contributed by atoms with E-state index in [1.807, 2.05) is 36.5 Å². The Balaban J connectivity index is 1.50. The standard InChI is InChI=1S/C21H20N4O4/c26-21(29-15-16-4-6-17(7-5-16)24-13-3-10-22-24)19-14-18(25(27)28)8-9-20(19)23-11-1-2-12-23/h3-10,13-14H,1-2,11-12,15H2. The lowest BCUT2D eigenvalue weighted by Crippen LogP contribution is -2.21. The van der Waals surface area contributed by atoms with E-state index < -0.39 is 10.9 Å². The van der Waals surface area contributed by atoms with E-state index in [1.54, 1.807) is 16.9 Å². The van der Waals surface area contributed by atoms with Gasteiger partial charge in [-0.25, -0.2) is 9.48 Å². The number of non-ortho nitro benzene ring substituents is 1. The summed E-state index contributed by atoms with van der Waals surface area (Å²) in [5, 5.41) is 15.3. The maximum atomic E-state index is 12.7. The number of nitrogens with zero attached hydrogens (tertiary/aromatic N) is 4. The van der Waals surface area contributed by atoms with Gasteiger partial charge in [0.1, 0.15) is 6.61 Å². The molecule has 0 aliphatic carbocycles. The second kappa shape index (κ2) is 8.14. The summed E-state index contributed by atoms with van der Waals surface area (Å²) in [6, 6.07) is 13.7. The van der Waals surface area contributed by atoms with Crippen molar-refractivity contribution < 1.29 is 14.5 Å². The van der Waals surface area contributed by atoms with Gasteiger partial charge in [-0.1, -0.05) is 12.1 Å². The van der Waals surface area contributed by atoms with Crippen molar-refractivity contribution in [3.63, 3.8) is 0 Å². The zero-order valence-corrected chi connectivity index (χ0v) is 15.7. The summed E-state index contributed by atoms with van der Waals surface area (Å²) < 4.78 is 7.21. The number of esters is 1. The van der Waals surface area contributed by atoms with Crippen LogP contribution in [0.3, 0.4) is 0 Å². The largest absolute Gasteiger partial charge is 0.457 e. The number of aromatic nitrogens is 2. The van der Waals surface area contributed by atoms with Crippen molar-refractivity contribution in [3.8, 4) is 5.69 Å². The number of anilines is 1. The molecule has 1 fully saturated rings. The fourth-order valence-corrected chi connectivity index (χ4v) is 3.43. The molecule has 2 aromatic carbocycles. The Morgan fingerprint density at radius 2 is 1.90 bits per heavy atom. The average molecular weight is 392 g/mol. The molecular formula is C21H20N4O4. The number of rotatable bonds is 6. The van der Waals surface area contributed by atoms with Gasteiger partial charge in [0.15, 0.2) is 0 Å². The summed E-state index contributed by atoms with van der Waals surface area (Å²) in [6.45, 7) is 1.74. The van der Waals surface area contributed by atoms with Crippen molar-refractivity contribution in [3.05, 3.63) is 82.2 Å². The molecule has 0 atom stereocenters. The van der Waals surface area contributed by atoms with Gasteiger partial charge in [0.25, 0.3) is 5.69 Å². The highest BCUT2D eigenvalue weighted by atomic mass is 16.6. The first-order valence-corrected chi connectivity index (χ1v) is 9.41. The van der Waals surface area contributed by atoms with Crippen LogP contribution in [0.2, 0.25) is 0 Å². The molecule has 0 unspecified atom stereocenters. The Morgan fingerprint density at radius 1 is 1.14 bits per heavy atom. The van der Waals surface area contributed by atoms with Crippen LogP contribution in [0.25, 0.3) is 5.69 Å². The molecule has 3 aromatic rings. The molecule has 1 aliphatic heterocycles. The number of carbonyl (C=O) groups excluding carboxylic acids is 1. The van der Waals surface area contributed by atoms with Gasteiger partial charge in [-0.15, -0.1) is 0 Å². The van der Waals surface area contributed by atoms with Crippen molar-refractivity contribution >= 4 is 17.3 Å². The molecule has 148 valence electrons. The number of ether oxygens (including phenoxy) is 1. The number of nitro benzene ring substituents is 1. The zero-order valence-electron chi connectivity index (χ0n) is 15.7. The predicted octanol–water partition coefficient (Wildman–Crippen LogP) is 3.74. The van der Waals surface area contributed by atoms with Gasteiger partial charge in [0.2, 0.25) is 0 Å². The number of carbonyl (C=O) groups is 1. The van der Waals surface area contributed by atoms with E-state index in [1.165, 1.54) is 12.1 Å². The van der Waals surface area contributed by atoms with E-state index in [2.05, 4.69) is 10.00 Å². The van der Waals surface area contributed by atoms with Crippen molar-refractivity contribution in [2.75, 3.05) is 18.0 Å². The second-order valence-electron chi connectivity index (χ2n) is 6.85. The number of hydrogen-bond donors (Lipinski definition) is 0. The van der Waals surface area contributed by atoms with Crippen LogP contribution in [0.15, 0.2) is 60.9 Å². The monoisotopic (exact) mass is 392 g/mol. The minimum absolute atomic E-state index is 0.0837. The van der Waals surface area contributed by atoms with Crippen molar-refractivity contribution in [1.82, 2.24) is 9.78 Å². The third-order valence-electron chi connectivity index (χ3n) is 4.93. The fourth-order valence-electron chi connectivity index (χ4n) is 3.43. The maximum Gasteiger partial charge on any atom is 0.340 e. The van der Waals surface area contributed by atoms with E-state index in [9.17, 15) is 14.9 Å². The average Bonchev–Trinajstić information content (AvgIpc) is 3.46. The topological polar surface area (TPSA) is 90.5 Å². The summed E-state index contributed by atoms with van der Waals surface area (Å²) in [7, 11) is 0. The van der Waals surface area contributed by atoms with E-state index in [0.717, 1.165) is 37.2 Å². The third-order valence-corrected chi connectivity index (χ3v) is 4.93. The molecule has 8 heteroatoms. The van der Waals surface area contributed by atoms with Gasteiger partial charge >= 0.3 is 5.97 Å². The lowest BCUT2D eigenvalue weighted by Gasteiger charge is -2.20. The number of hydrogen-bond acceptors (Lipinski definition) is 6. The van der Waals surface area contributed by atoms with Gasteiger partial charge in [0, 0.05) is 37.6 Å². The normalized spacial score (nSPS) is 13.4. The van der Waals surface area contributed by atoms with Gasteiger partial charge in [-0.3, -0.25) is 10.1 Å². The first-order chi connectivity index (χ1) is 14.1. The Morgan fingerprint density at radius 3 is 2.55 bits per heavy atom. The van der Waals surface area contributed by atoms with Crippen LogP contribution in [-0.2, 0) is 11.3 Å². The smallest absolute Gasteiger partial charge is 0.340 e. The van der Waals surface area contributed by atoms with Crippen LogP contribution >= 0.6 is 0 Å². The van der Waals surface area contributed by atoms with Crippen LogP contribution in [0, 0.1) is 10.1 Å². The molecule has 0 spiro atoms. The quantitative estimate of drug-likeness (QED) is 0.361. The molecular weight excluding hydrogens is 372 g/mol. The molecule has 0 bridgehead atoms. The lowest BCUT2D eigenvalue weighted by atomic mass is 10.1. The molecule has 1 saturated heterocycles. The van der Waals surface area contributed by atoms with Crippen molar-refractivity contribution in [2.24, 2.45) is 0 Å². The van der Waals surface area contributed by atoms with E-state index in [-0.39, 0.29) is 17.9 Å². The molecule has 0 N–H and O–H groups in total. The maximum absolute atomic E-state index is 12.7. The summed E-state index contributed by atoms with van der Waals surface area (Å²) in [6.07, 6.45) is 5.62. The number of benzene rings is 2. The molecule has 29 heavy (non-hydrogen) atoms.